The fourth-order valence-corrected chi connectivity index (χ4v) is 1.31. The van der Waals surface area contributed by atoms with Crippen LogP contribution in [0.1, 0.15) is 10.4 Å². The predicted octanol–water partition coefficient (Wildman–Crippen LogP) is 1.66. The second kappa shape index (κ2) is 2.85. The van der Waals surface area contributed by atoms with E-state index in [2.05, 4.69) is 20.9 Å². The fourth-order valence-electron chi connectivity index (χ4n) is 1.07. The van der Waals surface area contributed by atoms with Gasteiger partial charge in [0.1, 0.15) is 0 Å². The first-order chi connectivity index (χ1) is 6.16. The number of hydrogen-bond acceptors (Lipinski definition) is 3. The number of fused-ring (bicyclic) bond motifs is 1. The first kappa shape index (κ1) is 8.25. The number of oxazole rings is 1. The van der Waals surface area contributed by atoms with E-state index in [1.54, 1.807) is 12.1 Å². The summed E-state index contributed by atoms with van der Waals surface area (Å²) in [6, 6.07) is 4.73. The Morgan fingerprint density at radius 3 is 2.92 bits per heavy atom. The Bertz CT molecular complexity index is 525. The van der Waals surface area contributed by atoms with E-state index < -0.39 is 5.76 Å². The minimum Gasteiger partial charge on any atom is -0.408 e. The van der Waals surface area contributed by atoms with Crippen LogP contribution in [0.5, 0.6) is 0 Å². The van der Waals surface area contributed by atoms with Gasteiger partial charge in [0, 0.05) is 5.56 Å². The maximum absolute atomic E-state index is 10.9. The molecule has 2 aromatic rings. The lowest BCUT2D eigenvalue weighted by atomic mass is 10.2. The zero-order valence-electron chi connectivity index (χ0n) is 6.33. The van der Waals surface area contributed by atoms with Crippen molar-refractivity contribution in [1.29, 1.82) is 0 Å². The molecule has 0 aliphatic heterocycles. The number of aromatic amines is 1. The molecular formula is C8H4BrNO3. The average Bonchev–Trinajstić information content (AvgIpc) is 2.42. The van der Waals surface area contributed by atoms with Crippen molar-refractivity contribution in [3.63, 3.8) is 0 Å². The van der Waals surface area contributed by atoms with Gasteiger partial charge in [0.2, 0.25) is 4.69 Å². The van der Waals surface area contributed by atoms with Crippen molar-refractivity contribution in [3.05, 3.63) is 34.3 Å². The first-order valence-electron chi connectivity index (χ1n) is 3.49. The molecular weight excluding hydrogens is 238 g/mol. The standard InChI is InChI=1S/C8H4BrNO3/c9-7(11)4-1-2-5-6(3-4)13-8(12)10-5/h1-3H,(H,10,12). The van der Waals surface area contributed by atoms with Gasteiger partial charge in [-0.2, -0.15) is 0 Å². The molecule has 13 heavy (non-hydrogen) atoms. The number of aromatic nitrogens is 1. The summed E-state index contributed by atoms with van der Waals surface area (Å²) in [7, 11) is 0. The Labute approximate surface area is 80.7 Å². The summed E-state index contributed by atoms with van der Waals surface area (Å²) in [5, 5.41) is 0. The Morgan fingerprint density at radius 2 is 2.23 bits per heavy atom. The van der Waals surface area contributed by atoms with Gasteiger partial charge in [-0.05, 0) is 34.1 Å². The van der Waals surface area contributed by atoms with Crippen molar-refractivity contribution in [1.82, 2.24) is 4.98 Å². The van der Waals surface area contributed by atoms with Crippen molar-refractivity contribution in [2.45, 2.75) is 0 Å². The number of H-pyrrole nitrogens is 1. The molecule has 1 heterocycles. The van der Waals surface area contributed by atoms with Gasteiger partial charge in [-0.3, -0.25) is 9.78 Å². The van der Waals surface area contributed by atoms with E-state index in [1.165, 1.54) is 6.07 Å². The Morgan fingerprint density at radius 1 is 1.46 bits per heavy atom. The lowest BCUT2D eigenvalue weighted by molar-refractivity contribution is 0.109. The van der Waals surface area contributed by atoms with Crippen LogP contribution < -0.4 is 5.76 Å². The van der Waals surface area contributed by atoms with Crippen LogP contribution in [0, 0.1) is 0 Å². The van der Waals surface area contributed by atoms with Crippen LogP contribution in [-0.4, -0.2) is 9.68 Å². The second-order valence-corrected chi connectivity index (χ2v) is 3.22. The van der Waals surface area contributed by atoms with Gasteiger partial charge in [0.05, 0.1) is 5.52 Å². The summed E-state index contributed by atoms with van der Waals surface area (Å²) in [6.45, 7) is 0. The molecule has 0 radical (unpaired) electrons. The van der Waals surface area contributed by atoms with E-state index in [9.17, 15) is 9.59 Å². The molecule has 0 spiro atoms. The van der Waals surface area contributed by atoms with E-state index >= 15 is 0 Å². The summed E-state index contributed by atoms with van der Waals surface area (Å²) in [6.07, 6.45) is 0. The number of carbonyl (C=O) groups is 1. The van der Waals surface area contributed by atoms with Crippen LogP contribution in [0.4, 0.5) is 0 Å². The molecule has 0 unspecified atom stereocenters. The highest BCUT2D eigenvalue weighted by Crippen LogP contribution is 2.14. The van der Waals surface area contributed by atoms with Gasteiger partial charge < -0.3 is 4.42 Å². The van der Waals surface area contributed by atoms with Crippen molar-refractivity contribution < 1.29 is 9.21 Å². The van der Waals surface area contributed by atoms with Gasteiger partial charge in [0.25, 0.3) is 0 Å². The zero-order chi connectivity index (χ0) is 9.42. The average molecular weight is 242 g/mol. The number of rotatable bonds is 1. The Hall–Kier alpha value is -1.36. The monoisotopic (exact) mass is 241 g/mol. The highest BCUT2D eigenvalue weighted by Gasteiger charge is 2.05. The molecule has 0 saturated heterocycles. The third-order valence-electron chi connectivity index (χ3n) is 1.65. The third kappa shape index (κ3) is 1.42. The van der Waals surface area contributed by atoms with E-state index in [4.69, 9.17) is 4.42 Å². The van der Waals surface area contributed by atoms with Gasteiger partial charge in [-0.15, -0.1) is 0 Å². The lowest BCUT2D eigenvalue weighted by Crippen LogP contribution is -1.92. The van der Waals surface area contributed by atoms with Gasteiger partial charge in [-0.25, -0.2) is 4.79 Å². The minimum absolute atomic E-state index is 0.238. The van der Waals surface area contributed by atoms with E-state index in [0.29, 0.717) is 16.7 Å². The highest BCUT2D eigenvalue weighted by molar-refractivity contribution is 9.18. The number of carbonyl (C=O) groups excluding carboxylic acids is 1. The van der Waals surface area contributed by atoms with Gasteiger partial charge in [0.15, 0.2) is 5.58 Å². The molecule has 1 aromatic heterocycles. The number of nitrogens with one attached hydrogen (secondary N) is 1. The first-order valence-corrected chi connectivity index (χ1v) is 4.29. The molecule has 0 aliphatic rings. The van der Waals surface area contributed by atoms with E-state index in [-0.39, 0.29) is 4.69 Å². The van der Waals surface area contributed by atoms with E-state index in [0.717, 1.165) is 0 Å². The number of benzene rings is 1. The zero-order valence-corrected chi connectivity index (χ0v) is 7.92. The molecule has 66 valence electrons. The summed E-state index contributed by atoms with van der Waals surface area (Å²) >= 11 is 2.81. The van der Waals surface area contributed by atoms with E-state index in [1.807, 2.05) is 0 Å². The van der Waals surface area contributed by atoms with Crippen molar-refractivity contribution >= 4 is 31.7 Å². The fraction of sp³-hybridized carbons (Fsp3) is 0. The molecule has 0 bridgehead atoms. The number of halogens is 1. The van der Waals surface area contributed by atoms with Gasteiger partial charge >= 0.3 is 5.76 Å². The predicted molar refractivity (Wildman–Crippen MR) is 50.1 cm³/mol. The van der Waals surface area contributed by atoms with Crippen LogP contribution in [0.25, 0.3) is 11.1 Å². The van der Waals surface area contributed by atoms with Crippen LogP contribution in [0.2, 0.25) is 0 Å². The Balaban J connectivity index is 2.74. The minimum atomic E-state index is -0.519. The molecule has 0 amide bonds. The molecule has 1 N–H and O–H groups in total. The third-order valence-corrected chi connectivity index (χ3v) is 2.11. The van der Waals surface area contributed by atoms with Crippen LogP contribution in [0.3, 0.4) is 0 Å². The normalized spacial score (nSPS) is 10.5. The summed E-state index contributed by atoms with van der Waals surface area (Å²) < 4.78 is 4.54. The second-order valence-electron chi connectivity index (χ2n) is 2.50. The van der Waals surface area contributed by atoms with Crippen molar-refractivity contribution in [2.24, 2.45) is 0 Å². The lowest BCUT2D eigenvalue weighted by Gasteiger charge is -1.91. The molecule has 2 rings (SSSR count). The molecule has 4 nitrogen and oxygen atoms in total. The largest absolute Gasteiger partial charge is 0.417 e. The van der Waals surface area contributed by atoms with Crippen LogP contribution >= 0.6 is 15.9 Å². The van der Waals surface area contributed by atoms with Crippen molar-refractivity contribution in [2.75, 3.05) is 0 Å². The van der Waals surface area contributed by atoms with Crippen LogP contribution in [-0.2, 0) is 0 Å². The summed E-state index contributed by atoms with van der Waals surface area (Å²) in [5.41, 5.74) is 1.42. The molecule has 0 atom stereocenters. The molecule has 0 aliphatic carbocycles. The van der Waals surface area contributed by atoms with Crippen LogP contribution in [0.15, 0.2) is 27.4 Å². The highest BCUT2D eigenvalue weighted by atomic mass is 79.9. The smallest absolute Gasteiger partial charge is 0.408 e. The quantitative estimate of drug-likeness (QED) is 0.773. The molecule has 5 heteroatoms. The van der Waals surface area contributed by atoms with Gasteiger partial charge in [-0.1, -0.05) is 0 Å². The SMILES string of the molecule is O=C(Br)c1ccc2[nH]c(=O)oc2c1. The Kier molecular flexibility index (Phi) is 1.81. The summed E-state index contributed by atoms with van der Waals surface area (Å²) in [5.74, 6) is -0.519. The maximum atomic E-state index is 10.9. The molecule has 0 saturated carbocycles. The maximum Gasteiger partial charge on any atom is 0.417 e. The molecule has 0 fully saturated rings. The number of hydrogen-bond donors (Lipinski definition) is 1. The topological polar surface area (TPSA) is 63.1 Å². The summed E-state index contributed by atoms with van der Waals surface area (Å²) in [4.78, 5) is 24.1. The molecule has 1 aromatic carbocycles. The van der Waals surface area contributed by atoms with Crippen molar-refractivity contribution in [3.8, 4) is 0 Å².